The Morgan fingerprint density at radius 3 is 2.17 bits per heavy atom. The van der Waals surface area contributed by atoms with Crippen LogP contribution >= 0.6 is 0 Å². The van der Waals surface area contributed by atoms with E-state index in [0.717, 1.165) is 34.4 Å². The van der Waals surface area contributed by atoms with Crippen LogP contribution in [0.3, 0.4) is 0 Å². The summed E-state index contributed by atoms with van der Waals surface area (Å²) in [6.07, 6.45) is 2.67. The molecule has 4 rings (SSSR count). The van der Waals surface area contributed by atoms with Crippen LogP contribution in [0, 0.1) is 0 Å². The van der Waals surface area contributed by atoms with E-state index in [9.17, 15) is 0 Å². The summed E-state index contributed by atoms with van der Waals surface area (Å²) in [4.78, 5) is 5.53. The highest BCUT2D eigenvalue weighted by molar-refractivity contribution is 5.99. The number of rotatable bonds is 11. The van der Waals surface area contributed by atoms with E-state index >= 15 is 0 Å². The van der Waals surface area contributed by atoms with Gasteiger partial charge >= 0.3 is 0 Å². The van der Waals surface area contributed by atoms with Crippen molar-refractivity contribution in [3.05, 3.63) is 137 Å². The van der Waals surface area contributed by atoms with Crippen LogP contribution in [0.4, 0.5) is 0 Å². The fourth-order valence-electron chi connectivity index (χ4n) is 4.11. The molecule has 0 heterocycles. The molecule has 182 valence electrons. The minimum Gasteiger partial charge on any atom is -0.478 e. The van der Waals surface area contributed by atoms with Crippen molar-refractivity contribution in [1.29, 1.82) is 0 Å². The van der Waals surface area contributed by atoms with Crippen molar-refractivity contribution in [3.63, 3.8) is 0 Å². The molecule has 0 aromatic heterocycles. The number of oxime groups is 1. The molecular weight excluding hydrogens is 444 g/mol. The standard InChI is InChI=1S/C32H32N2O2/c1-3-31(27-14-8-5-9-15-27)32(28-17-19-30(20-18-28)35-24-33-2)29-16-10-13-26(21-29)22-34-36-23-25-11-6-4-7-12-25/h4-22,33H,3,23-24H2,1-2H3/b32-31-,34-22+. The molecule has 0 saturated heterocycles. The fourth-order valence-corrected chi connectivity index (χ4v) is 4.11. The normalized spacial score (nSPS) is 11.8. The van der Waals surface area contributed by atoms with Crippen molar-refractivity contribution in [2.75, 3.05) is 13.8 Å². The van der Waals surface area contributed by atoms with Crippen LogP contribution in [0.15, 0.2) is 114 Å². The van der Waals surface area contributed by atoms with Gasteiger partial charge in [0, 0.05) is 0 Å². The summed E-state index contributed by atoms with van der Waals surface area (Å²) in [5.74, 6) is 0.835. The SMILES string of the molecule is CC/C(=C(\c1ccc(OCNC)cc1)c1cccc(/C=N/OCc2ccccc2)c1)c1ccccc1. The molecular formula is C32H32N2O2. The topological polar surface area (TPSA) is 42.8 Å². The number of hydrogen-bond donors (Lipinski definition) is 1. The first-order chi connectivity index (χ1) is 17.8. The second-order valence-electron chi connectivity index (χ2n) is 8.36. The molecule has 0 saturated carbocycles. The summed E-state index contributed by atoms with van der Waals surface area (Å²) in [7, 11) is 1.87. The maximum Gasteiger partial charge on any atom is 0.142 e. The molecule has 1 N–H and O–H groups in total. The first-order valence-electron chi connectivity index (χ1n) is 12.2. The molecule has 4 aromatic carbocycles. The highest BCUT2D eigenvalue weighted by Gasteiger charge is 2.13. The summed E-state index contributed by atoms with van der Waals surface area (Å²) in [6.45, 7) is 3.12. The van der Waals surface area contributed by atoms with Gasteiger partial charge in [0.1, 0.15) is 19.1 Å². The van der Waals surface area contributed by atoms with Crippen LogP contribution in [0.2, 0.25) is 0 Å². The van der Waals surface area contributed by atoms with Crippen LogP contribution < -0.4 is 10.1 Å². The van der Waals surface area contributed by atoms with Gasteiger partial charge in [-0.3, -0.25) is 5.32 Å². The predicted octanol–water partition coefficient (Wildman–Crippen LogP) is 7.16. The van der Waals surface area contributed by atoms with Crippen molar-refractivity contribution >= 4 is 17.4 Å². The first kappa shape index (κ1) is 25.0. The lowest BCUT2D eigenvalue weighted by molar-refractivity contribution is 0.132. The Morgan fingerprint density at radius 1 is 0.778 bits per heavy atom. The number of allylic oxidation sites excluding steroid dienone is 1. The summed E-state index contributed by atoms with van der Waals surface area (Å²) in [6, 6.07) is 37.3. The third-order valence-corrected chi connectivity index (χ3v) is 5.83. The Kier molecular flexibility index (Phi) is 9.07. The quantitative estimate of drug-likeness (QED) is 0.108. The molecule has 0 radical (unpaired) electrons. The third-order valence-electron chi connectivity index (χ3n) is 5.83. The van der Waals surface area contributed by atoms with E-state index < -0.39 is 0 Å². The molecule has 36 heavy (non-hydrogen) atoms. The van der Waals surface area contributed by atoms with Crippen LogP contribution in [0.1, 0.15) is 41.2 Å². The zero-order valence-corrected chi connectivity index (χ0v) is 20.9. The third kappa shape index (κ3) is 6.71. The van der Waals surface area contributed by atoms with E-state index in [1.54, 1.807) is 6.21 Å². The van der Waals surface area contributed by atoms with Gasteiger partial charge in [-0.15, -0.1) is 0 Å². The minimum absolute atomic E-state index is 0.443. The smallest absolute Gasteiger partial charge is 0.142 e. The van der Waals surface area contributed by atoms with E-state index in [2.05, 4.69) is 78.1 Å². The largest absolute Gasteiger partial charge is 0.478 e. The second-order valence-corrected chi connectivity index (χ2v) is 8.36. The molecule has 0 atom stereocenters. The fraction of sp³-hybridized carbons (Fsp3) is 0.156. The lowest BCUT2D eigenvalue weighted by Gasteiger charge is -2.17. The lowest BCUT2D eigenvalue weighted by atomic mass is 9.87. The van der Waals surface area contributed by atoms with Crippen LogP contribution in [0.25, 0.3) is 11.1 Å². The maximum absolute atomic E-state index is 5.71. The average Bonchev–Trinajstić information content (AvgIpc) is 2.94. The zero-order chi connectivity index (χ0) is 25.0. The summed E-state index contributed by atoms with van der Waals surface area (Å²) in [5.41, 5.74) is 8.05. The molecule has 0 amide bonds. The molecule has 0 aliphatic rings. The summed E-state index contributed by atoms with van der Waals surface area (Å²) < 4.78 is 5.71. The van der Waals surface area contributed by atoms with Gasteiger partial charge in [0.05, 0.1) is 6.21 Å². The molecule has 0 spiro atoms. The lowest BCUT2D eigenvalue weighted by Crippen LogP contribution is -2.13. The highest BCUT2D eigenvalue weighted by Crippen LogP contribution is 2.35. The zero-order valence-electron chi connectivity index (χ0n) is 20.9. The van der Waals surface area contributed by atoms with Crippen LogP contribution in [-0.4, -0.2) is 20.0 Å². The van der Waals surface area contributed by atoms with Gasteiger partial charge in [-0.25, -0.2) is 0 Å². The Bertz CT molecular complexity index is 1280. The number of ether oxygens (including phenoxy) is 1. The van der Waals surface area contributed by atoms with Gasteiger partial charge in [0.2, 0.25) is 0 Å². The first-order valence-corrected chi connectivity index (χ1v) is 12.2. The van der Waals surface area contributed by atoms with E-state index in [-0.39, 0.29) is 0 Å². The van der Waals surface area contributed by atoms with Crippen LogP contribution in [-0.2, 0) is 11.4 Å². The minimum atomic E-state index is 0.443. The monoisotopic (exact) mass is 476 g/mol. The van der Waals surface area contributed by atoms with Crippen molar-refractivity contribution < 1.29 is 9.57 Å². The van der Waals surface area contributed by atoms with Crippen LogP contribution in [0.5, 0.6) is 5.75 Å². The van der Waals surface area contributed by atoms with Gasteiger partial charge in [-0.05, 0) is 70.6 Å². The molecule has 0 aliphatic carbocycles. The average molecular weight is 477 g/mol. The van der Waals surface area contributed by atoms with Gasteiger partial charge in [-0.2, -0.15) is 0 Å². The molecule has 0 aliphatic heterocycles. The molecule has 0 fully saturated rings. The van der Waals surface area contributed by atoms with Gasteiger partial charge < -0.3 is 9.57 Å². The molecule has 0 unspecified atom stereocenters. The van der Waals surface area contributed by atoms with Crippen molar-refractivity contribution in [2.45, 2.75) is 20.0 Å². The molecule has 4 heteroatoms. The Balaban J connectivity index is 1.67. The number of nitrogens with zero attached hydrogens (tertiary/aromatic N) is 1. The van der Waals surface area contributed by atoms with E-state index in [1.165, 1.54) is 16.7 Å². The van der Waals surface area contributed by atoms with Crippen molar-refractivity contribution in [1.82, 2.24) is 5.32 Å². The predicted molar refractivity (Wildman–Crippen MR) is 149 cm³/mol. The number of nitrogens with one attached hydrogen (secondary N) is 1. The Morgan fingerprint density at radius 2 is 1.47 bits per heavy atom. The molecule has 4 nitrogen and oxygen atoms in total. The van der Waals surface area contributed by atoms with Crippen molar-refractivity contribution in [3.8, 4) is 5.75 Å². The second kappa shape index (κ2) is 13.1. The molecule has 4 aromatic rings. The van der Waals surface area contributed by atoms with E-state index in [1.807, 2.05) is 55.6 Å². The van der Waals surface area contributed by atoms with E-state index in [0.29, 0.717) is 13.3 Å². The number of hydrogen-bond acceptors (Lipinski definition) is 4. The number of benzene rings is 4. The van der Waals surface area contributed by atoms with E-state index in [4.69, 9.17) is 9.57 Å². The molecule has 0 bridgehead atoms. The van der Waals surface area contributed by atoms with Gasteiger partial charge in [0.15, 0.2) is 0 Å². The Labute approximate surface area is 213 Å². The highest BCUT2D eigenvalue weighted by atomic mass is 16.6. The van der Waals surface area contributed by atoms with Gasteiger partial charge in [0.25, 0.3) is 0 Å². The summed E-state index contributed by atoms with van der Waals surface area (Å²) >= 11 is 0. The Hall–Kier alpha value is -4.15. The van der Waals surface area contributed by atoms with Gasteiger partial charge in [-0.1, -0.05) is 103 Å². The van der Waals surface area contributed by atoms with Crippen molar-refractivity contribution in [2.24, 2.45) is 5.16 Å². The summed E-state index contributed by atoms with van der Waals surface area (Å²) in [5, 5.41) is 7.22. The maximum atomic E-state index is 5.71.